The van der Waals surface area contributed by atoms with E-state index in [1.54, 1.807) is 17.5 Å². The summed E-state index contributed by atoms with van der Waals surface area (Å²) in [6, 6.07) is 16.7. The molecular formula is C23H22N4OS. The molecule has 0 radical (unpaired) electrons. The van der Waals surface area contributed by atoms with Crippen LogP contribution in [-0.2, 0) is 4.74 Å². The van der Waals surface area contributed by atoms with Crippen LogP contribution in [0.25, 0.3) is 32.9 Å². The van der Waals surface area contributed by atoms with Crippen molar-refractivity contribution in [1.82, 2.24) is 15.0 Å². The first-order chi connectivity index (χ1) is 14.3. The third-order valence-corrected chi connectivity index (χ3v) is 6.24. The summed E-state index contributed by atoms with van der Waals surface area (Å²) < 4.78 is 5.75. The van der Waals surface area contributed by atoms with Crippen LogP contribution in [0, 0.1) is 0 Å². The smallest absolute Gasteiger partial charge is 0.181 e. The van der Waals surface area contributed by atoms with Crippen LogP contribution in [0.1, 0.15) is 13.3 Å². The number of hydrogen-bond acceptors (Lipinski definition) is 6. The lowest BCUT2D eigenvalue weighted by Crippen LogP contribution is -2.45. The van der Waals surface area contributed by atoms with Crippen molar-refractivity contribution in [3.8, 4) is 22.6 Å². The Bertz CT molecular complexity index is 1110. The minimum absolute atomic E-state index is 0.307. The fourth-order valence-electron chi connectivity index (χ4n) is 3.84. The van der Waals surface area contributed by atoms with Crippen LogP contribution < -0.4 is 4.90 Å². The Hall–Kier alpha value is -2.83. The van der Waals surface area contributed by atoms with Crippen molar-refractivity contribution >= 4 is 27.4 Å². The molecule has 0 saturated carbocycles. The summed E-state index contributed by atoms with van der Waals surface area (Å²) in [5, 5.41) is 3.32. The number of ether oxygens (including phenoxy) is 1. The van der Waals surface area contributed by atoms with E-state index in [0.717, 1.165) is 41.3 Å². The van der Waals surface area contributed by atoms with E-state index in [1.807, 2.05) is 24.3 Å². The number of fused-ring (bicyclic) bond motifs is 1. The Morgan fingerprint density at radius 3 is 2.76 bits per heavy atom. The maximum absolute atomic E-state index is 5.75. The summed E-state index contributed by atoms with van der Waals surface area (Å²) in [5.41, 5.74) is 3.18. The second-order valence-electron chi connectivity index (χ2n) is 7.11. The number of benzene rings is 1. The fourth-order valence-corrected chi connectivity index (χ4v) is 4.78. The maximum atomic E-state index is 5.75. The van der Waals surface area contributed by atoms with Crippen molar-refractivity contribution in [3.05, 3.63) is 60.1 Å². The van der Waals surface area contributed by atoms with E-state index < -0.39 is 0 Å². The van der Waals surface area contributed by atoms with Gasteiger partial charge in [0.1, 0.15) is 16.3 Å². The molecule has 1 fully saturated rings. The van der Waals surface area contributed by atoms with Crippen molar-refractivity contribution in [2.45, 2.75) is 19.4 Å². The van der Waals surface area contributed by atoms with Gasteiger partial charge in [-0.25, -0.2) is 9.97 Å². The molecule has 0 bridgehead atoms. The fraction of sp³-hybridized carbons (Fsp3) is 0.261. The van der Waals surface area contributed by atoms with Gasteiger partial charge in [0, 0.05) is 23.7 Å². The Morgan fingerprint density at radius 1 is 1.10 bits per heavy atom. The summed E-state index contributed by atoms with van der Waals surface area (Å²) in [7, 11) is 0. The summed E-state index contributed by atoms with van der Waals surface area (Å²) in [6.45, 7) is 4.48. The highest BCUT2D eigenvalue weighted by molar-refractivity contribution is 7.17. The lowest BCUT2D eigenvalue weighted by atomic mass is 10.0. The molecular weight excluding hydrogens is 380 g/mol. The molecule has 1 unspecified atom stereocenters. The minimum Gasteiger partial charge on any atom is -0.377 e. The number of pyridine rings is 1. The predicted molar refractivity (Wildman–Crippen MR) is 118 cm³/mol. The van der Waals surface area contributed by atoms with Crippen molar-refractivity contribution < 1.29 is 4.74 Å². The first kappa shape index (κ1) is 18.2. The Morgan fingerprint density at radius 2 is 1.97 bits per heavy atom. The summed E-state index contributed by atoms with van der Waals surface area (Å²) in [4.78, 5) is 17.8. The van der Waals surface area contributed by atoms with Crippen LogP contribution in [0.5, 0.6) is 0 Å². The molecule has 5 nitrogen and oxygen atoms in total. The second-order valence-corrected chi connectivity index (χ2v) is 7.97. The largest absolute Gasteiger partial charge is 0.377 e. The molecule has 146 valence electrons. The molecule has 1 aliphatic heterocycles. The summed E-state index contributed by atoms with van der Waals surface area (Å²) in [5.74, 6) is 1.67. The molecule has 0 N–H and O–H groups in total. The molecule has 1 saturated heterocycles. The highest BCUT2D eigenvalue weighted by atomic mass is 32.1. The minimum atomic E-state index is 0.307. The molecule has 5 rings (SSSR count). The van der Waals surface area contributed by atoms with Gasteiger partial charge in [-0.1, -0.05) is 43.3 Å². The van der Waals surface area contributed by atoms with Gasteiger partial charge in [0.2, 0.25) is 0 Å². The summed E-state index contributed by atoms with van der Waals surface area (Å²) in [6.07, 6.45) is 2.80. The number of thiophene rings is 1. The zero-order valence-corrected chi connectivity index (χ0v) is 17.1. The van der Waals surface area contributed by atoms with Crippen LogP contribution in [0.4, 0.5) is 5.82 Å². The van der Waals surface area contributed by atoms with Gasteiger partial charge >= 0.3 is 0 Å². The standard InChI is InChI=1S/C23H22N4OS/c1-2-17-14-28-13-12-27(17)22-20-18(16-8-4-3-5-9-16)15-29-23(20)26-21(25-22)19-10-6-7-11-24-19/h3-11,15,17H,2,12-14H2,1H3. The highest BCUT2D eigenvalue weighted by Crippen LogP contribution is 2.40. The number of morpholine rings is 1. The van der Waals surface area contributed by atoms with E-state index in [-0.39, 0.29) is 0 Å². The lowest BCUT2D eigenvalue weighted by molar-refractivity contribution is 0.0927. The van der Waals surface area contributed by atoms with Crippen LogP contribution in [0.15, 0.2) is 60.1 Å². The molecule has 29 heavy (non-hydrogen) atoms. The average molecular weight is 403 g/mol. The van der Waals surface area contributed by atoms with Gasteiger partial charge in [0.05, 0.1) is 24.6 Å². The number of anilines is 1. The van der Waals surface area contributed by atoms with Gasteiger partial charge in [0.25, 0.3) is 0 Å². The van der Waals surface area contributed by atoms with E-state index in [4.69, 9.17) is 14.7 Å². The second kappa shape index (κ2) is 7.89. The SMILES string of the molecule is CCC1COCCN1c1nc(-c2ccccn2)nc2scc(-c3ccccc3)c12. The van der Waals surface area contributed by atoms with E-state index in [0.29, 0.717) is 18.5 Å². The van der Waals surface area contributed by atoms with Gasteiger partial charge in [-0.15, -0.1) is 11.3 Å². The van der Waals surface area contributed by atoms with Crippen molar-refractivity contribution in [2.75, 3.05) is 24.7 Å². The quantitative estimate of drug-likeness (QED) is 0.479. The molecule has 4 heterocycles. The summed E-state index contributed by atoms with van der Waals surface area (Å²) >= 11 is 1.67. The normalized spacial score (nSPS) is 17.0. The monoisotopic (exact) mass is 402 g/mol. The first-order valence-corrected chi connectivity index (χ1v) is 10.8. The average Bonchev–Trinajstić information content (AvgIpc) is 3.24. The Balaban J connectivity index is 1.75. The maximum Gasteiger partial charge on any atom is 0.181 e. The van der Waals surface area contributed by atoms with Gasteiger partial charge < -0.3 is 9.64 Å². The van der Waals surface area contributed by atoms with E-state index in [1.165, 1.54) is 11.1 Å². The van der Waals surface area contributed by atoms with Gasteiger partial charge in [-0.2, -0.15) is 0 Å². The number of hydrogen-bond donors (Lipinski definition) is 0. The topological polar surface area (TPSA) is 51.1 Å². The van der Waals surface area contributed by atoms with Crippen LogP contribution in [0.2, 0.25) is 0 Å². The Labute approximate surface area is 174 Å². The van der Waals surface area contributed by atoms with Crippen LogP contribution in [-0.4, -0.2) is 40.8 Å². The molecule has 1 aliphatic rings. The zero-order valence-electron chi connectivity index (χ0n) is 16.3. The van der Waals surface area contributed by atoms with Gasteiger partial charge in [0.15, 0.2) is 5.82 Å². The van der Waals surface area contributed by atoms with E-state index >= 15 is 0 Å². The predicted octanol–water partition coefficient (Wildman–Crippen LogP) is 5.04. The number of aromatic nitrogens is 3. The van der Waals surface area contributed by atoms with Gasteiger partial charge in [-0.05, 0) is 24.1 Å². The molecule has 4 aromatic rings. The molecule has 0 spiro atoms. The zero-order chi connectivity index (χ0) is 19.6. The van der Waals surface area contributed by atoms with Crippen molar-refractivity contribution in [2.24, 2.45) is 0 Å². The molecule has 6 heteroatoms. The van der Waals surface area contributed by atoms with Crippen LogP contribution >= 0.6 is 11.3 Å². The molecule has 0 amide bonds. The Kier molecular flexibility index (Phi) is 4.96. The van der Waals surface area contributed by atoms with E-state index in [9.17, 15) is 0 Å². The molecule has 1 aromatic carbocycles. The molecule has 3 aromatic heterocycles. The molecule has 1 atom stereocenters. The highest BCUT2D eigenvalue weighted by Gasteiger charge is 2.27. The number of nitrogens with zero attached hydrogens (tertiary/aromatic N) is 4. The molecule has 0 aliphatic carbocycles. The number of rotatable bonds is 4. The first-order valence-electron chi connectivity index (χ1n) is 9.95. The van der Waals surface area contributed by atoms with Crippen LogP contribution in [0.3, 0.4) is 0 Å². The van der Waals surface area contributed by atoms with E-state index in [2.05, 4.69) is 46.5 Å². The third-order valence-electron chi connectivity index (χ3n) is 5.36. The van der Waals surface area contributed by atoms with Crippen molar-refractivity contribution in [3.63, 3.8) is 0 Å². The lowest BCUT2D eigenvalue weighted by Gasteiger charge is -2.36. The van der Waals surface area contributed by atoms with Gasteiger partial charge in [-0.3, -0.25) is 4.98 Å². The van der Waals surface area contributed by atoms with Crippen molar-refractivity contribution in [1.29, 1.82) is 0 Å². The third kappa shape index (κ3) is 3.39.